The fourth-order valence-corrected chi connectivity index (χ4v) is 3.93. The van der Waals surface area contributed by atoms with Crippen molar-refractivity contribution in [1.29, 1.82) is 0 Å². The van der Waals surface area contributed by atoms with Crippen molar-refractivity contribution in [3.05, 3.63) is 52.1 Å². The Kier molecular flexibility index (Phi) is 5.83. The first kappa shape index (κ1) is 20.1. The normalized spacial score (nSPS) is 14.3. The second-order valence-electron chi connectivity index (χ2n) is 7.83. The fourth-order valence-electron chi connectivity index (χ4n) is 3.93. The maximum Gasteiger partial charge on any atom is 0.294 e. The molecule has 30 heavy (non-hydrogen) atoms. The van der Waals surface area contributed by atoms with Crippen LogP contribution in [-0.2, 0) is 24.9 Å². The fraction of sp³-hybridized carbons (Fsp3) is 0.455. The number of carbonyl (C=O) groups excluding carboxylic acids is 1. The van der Waals surface area contributed by atoms with E-state index < -0.39 is 0 Å². The number of para-hydroxylation sites is 2. The van der Waals surface area contributed by atoms with Crippen molar-refractivity contribution in [2.24, 2.45) is 7.05 Å². The number of anilines is 1. The van der Waals surface area contributed by atoms with Gasteiger partial charge in [-0.2, -0.15) is 5.10 Å². The van der Waals surface area contributed by atoms with Gasteiger partial charge in [-0.25, -0.2) is 4.98 Å². The molecule has 3 aromatic rings. The molecule has 0 saturated carbocycles. The highest BCUT2D eigenvalue weighted by atomic mass is 16.2. The van der Waals surface area contributed by atoms with Gasteiger partial charge in [0.2, 0.25) is 5.91 Å². The van der Waals surface area contributed by atoms with Crippen LogP contribution in [0.15, 0.2) is 35.3 Å². The number of fused-ring (bicyclic) bond motifs is 1. The molecule has 1 fully saturated rings. The number of nitrogens with one attached hydrogen (secondary N) is 1. The predicted octanol–water partition coefficient (Wildman–Crippen LogP) is 2.14. The molecule has 1 aromatic carbocycles. The Morgan fingerprint density at radius 2 is 1.93 bits per heavy atom. The molecule has 0 unspecified atom stereocenters. The van der Waals surface area contributed by atoms with Crippen LogP contribution in [0, 0.1) is 6.92 Å². The summed E-state index contributed by atoms with van der Waals surface area (Å²) in [5.41, 5.74) is 3.44. The zero-order valence-electron chi connectivity index (χ0n) is 17.6. The summed E-state index contributed by atoms with van der Waals surface area (Å²) < 4.78 is 3.48. The maximum atomic E-state index is 13.2. The number of hydrogen-bond acceptors (Lipinski definition) is 5. The van der Waals surface area contributed by atoms with Crippen LogP contribution in [0.5, 0.6) is 0 Å². The zero-order valence-corrected chi connectivity index (χ0v) is 17.6. The highest BCUT2D eigenvalue weighted by Crippen LogP contribution is 2.18. The lowest BCUT2D eigenvalue weighted by atomic mass is 10.1. The highest BCUT2D eigenvalue weighted by Gasteiger charge is 2.19. The molecule has 8 nitrogen and oxygen atoms in total. The summed E-state index contributed by atoms with van der Waals surface area (Å²) in [4.78, 5) is 32.4. The first-order chi connectivity index (χ1) is 14.5. The summed E-state index contributed by atoms with van der Waals surface area (Å²) in [6.07, 6.45) is 5.33. The van der Waals surface area contributed by atoms with Crippen LogP contribution < -0.4 is 15.8 Å². The summed E-state index contributed by atoms with van der Waals surface area (Å²) >= 11 is 0. The Morgan fingerprint density at radius 1 is 1.17 bits per heavy atom. The van der Waals surface area contributed by atoms with E-state index in [0.29, 0.717) is 18.9 Å². The molecule has 1 aliphatic heterocycles. The second kappa shape index (κ2) is 8.69. The van der Waals surface area contributed by atoms with E-state index in [1.165, 1.54) is 6.42 Å². The molecule has 1 amide bonds. The average Bonchev–Trinajstić information content (AvgIpc) is 3.09. The molecule has 0 atom stereocenters. The van der Waals surface area contributed by atoms with Gasteiger partial charge in [-0.1, -0.05) is 12.1 Å². The van der Waals surface area contributed by atoms with E-state index in [9.17, 15) is 9.59 Å². The highest BCUT2D eigenvalue weighted by molar-refractivity contribution is 5.78. The number of nitrogens with zero attached hydrogens (tertiary/aromatic N) is 5. The van der Waals surface area contributed by atoms with Gasteiger partial charge in [-0.15, -0.1) is 0 Å². The van der Waals surface area contributed by atoms with E-state index in [1.807, 2.05) is 38.2 Å². The van der Waals surface area contributed by atoms with Crippen molar-refractivity contribution >= 4 is 22.8 Å². The first-order valence-electron chi connectivity index (χ1n) is 10.5. The lowest BCUT2D eigenvalue weighted by Crippen LogP contribution is -2.37. The van der Waals surface area contributed by atoms with Crippen molar-refractivity contribution in [3.63, 3.8) is 0 Å². The molecular formula is C22H28N6O2. The van der Waals surface area contributed by atoms with Crippen LogP contribution in [-0.4, -0.2) is 38.3 Å². The molecule has 0 aliphatic carbocycles. The van der Waals surface area contributed by atoms with Crippen LogP contribution >= 0.6 is 0 Å². The van der Waals surface area contributed by atoms with E-state index in [0.717, 1.165) is 48.2 Å². The number of aromatic nitrogens is 4. The summed E-state index contributed by atoms with van der Waals surface area (Å²) in [6.45, 7) is 4.43. The average molecular weight is 409 g/mol. The lowest BCUT2D eigenvalue weighted by Gasteiger charge is -2.27. The van der Waals surface area contributed by atoms with Crippen LogP contribution in [0.2, 0.25) is 0 Å². The minimum Gasteiger partial charge on any atom is -0.352 e. The van der Waals surface area contributed by atoms with Crippen LogP contribution in [0.3, 0.4) is 0 Å². The molecule has 0 spiro atoms. The number of benzene rings is 1. The maximum absolute atomic E-state index is 13.2. The molecule has 0 bridgehead atoms. The number of rotatable bonds is 6. The molecule has 158 valence electrons. The molecule has 0 radical (unpaired) electrons. The van der Waals surface area contributed by atoms with Crippen molar-refractivity contribution in [1.82, 2.24) is 24.6 Å². The van der Waals surface area contributed by atoms with E-state index in [1.54, 1.807) is 15.4 Å². The quantitative estimate of drug-likeness (QED) is 0.675. The van der Waals surface area contributed by atoms with Gasteiger partial charge in [-0.3, -0.25) is 14.3 Å². The minimum absolute atomic E-state index is 0.0921. The number of carbonyl (C=O) groups is 1. The summed E-state index contributed by atoms with van der Waals surface area (Å²) in [5, 5.41) is 7.13. The summed E-state index contributed by atoms with van der Waals surface area (Å²) in [6, 6.07) is 7.63. The molecule has 2 aromatic heterocycles. The van der Waals surface area contributed by atoms with E-state index in [-0.39, 0.29) is 17.9 Å². The Balaban J connectivity index is 1.52. The molecule has 8 heteroatoms. The van der Waals surface area contributed by atoms with Gasteiger partial charge < -0.3 is 14.8 Å². The third-order valence-corrected chi connectivity index (χ3v) is 5.87. The SMILES string of the molecule is Cc1c(CNC(=O)CCn2c(=O)c(N3CCCCC3)nc3ccccc32)cnn1C. The second-order valence-corrected chi connectivity index (χ2v) is 7.83. The Hall–Kier alpha value is -3.16. The molecule has 3 heterocycles. The number of aryl methyl sites for hydroxylation is 2. The summed E-state index contributed by atoms with van der Waals surface area (Å²) in [5.74, 6) is 0.408. The zero-order chi connectivity index (χ0) is 21.1. The van der Waals surface area contributed by atoms with Gasteiger partial charge in [0.25, 0.3) is 5.56 Å². The third-order valence-electron chi connectivity index (χ3n) is 5.87. The van der Waals surface area contributed by atoms with Crippen molar-refractivity contribution in [2.45, 2.75) is 45.7 Å². The molecular weight excluding hydrogens is 380 g/mol. The minimum atomic E-state index is -0.119. The van der Waals surface area contributed by atoms with Gasteiger partial charge in [0.05, 0.1) is 17.2 Å². The number of piperidine rings is 1. The van der Waals surface area contributed by atoms with Crippen molar-refractivity contribution < 1.29 is 4.79 Å². The van der Waals surface area contributed by atoms with Crippen LogP contribution in [0.25, 0.3) is 11.0 Å². The van der Waals surface area contributed by atoms with Gasteiger partial charge in [0.1, 0.15) is 0 Å². The molecule has 1 N–H and O–H groups in total. The largest absolute Gasteiger partial charge is 0.352 e. The van der Waals surface area contributed by atoms with Crippen molar-refractivity contribution in [3.8, 4) is 0 Å². The molecule has 4 rings (SSSR count). The topological polar surface area (TPSA) is 85.1 Å². The standard InChI is InChI=1S/C22H28N6O2/c1-16-17(15-24-26(16)2)14-23-20(29)10-13-28-19-9-5-4-8-18(19)25-21(22(28)30)27-11-6-3-7-12-27/h4-5,8-9,15H,3,6-7,10-14H2,1-2H3,(H,23,29). The van der Waals surface area contributed by atoms with Crippen LogP contribution in [0.1, 0.15) is 36.9 Å². The van der Waals surface area contributed by atoms with Gasteiger partial charge in [0, 0.05) is 50.9 Å². The van der Waals surface area contributed by atoms with E-state index >= 15 is 0 Å². The Morgan fingerprint density at radius 3 is 2.67 bits per heavy atom. The molecule has 1 aliphatic rings. The van der Waals surface area contributed by atoms with Gasteiger partial charge in [0.15, 0.2) is 5.82 Å². The summed E-state index contributed by atoms with van der Waals surface area (Å²) in [7, 11) is 1.88. The predicted molar refractivity (Wildman–Crippen MR) is 116 cm³/mol. The first-order valence-corrected chi connectivity index (χ1v) is 10.5. The Bertz CT molecular complexity index is 1110. The van der Waals surface area contributed by atoms with E-state index in [4.69, 9.17) is 0 Å². The van der Waals surface area contributed by atoms with Crippen molar-refractivity contribution in [2.75, 3.05) is 18.0 Å². The van der Waals surface area contributed by atoms with Crippen LogP contribution in [0.4, 0.5) is 5.82 Å². The molecule has 1 saturated heterocycles. The number of hydrogen-bond donors (Lipinski definition) is 1. The smallest absolute Gasteiger partial charge is 0.294 e. The van der Waals surface area contributed by atoms with E-state index in [2.05, 4.69) is 20.3 Å². The Labute approximate surface area is 175 Å². The number of amides is 1. The van der Waals surface area contributed by atoms with Gasteiger partial charge >= 0.3 is 0 Å². The third kappa shape index (κ3) is 4.08. The van der Waals surface area contributed by atoms with Gasteiger partial charge in [-0.05, 0) is 38.3 Å². The lowest BCUT2D eigenvalue weighted by molar-refractivity contribution is -0.121. The monoisotopic (exact) mass is 408 g/mol.